The third kappa shape index (κ3) is 3.90. The lowest BCUT2D eigenvalue weighted by Crippen LogP contribution is -2.31. The Balaban J connectivity index is 1.62. The van der Waals surface area contributed by atoms with Gasteiger partial charge >= 0.3 is 0 Å². The average molecular weight is 407 g/mol. The molecule has 0 bridgehead atoms. The molecule has 3 aromatic rings. The Morgan fingerprint density at radius 1 is 0.931 bits per heavy atom. The summed E-state index contributed by atoms with van der Waals surface area (Å²) in [5, 5.41) is 2.74. The van der Waals surface area contributed by atoms with Gasteiger partial charge in [-0.25, -0.2) is 9.97 Å². The summed E-state index contributed by atoms with van der Waals surface area (Å²) >= 11 is 5.89. The number of nitrogens with two attached hydrogens (primary N) is 2. The number of nitrogens with zero attached hydrogens (tertiary/aromatic N) is 3. The topological polar surface area (TPSA) is 119 Å². The van der Waals surface area contributed by atoms with Gasteiger partial charge in [-0.05, 0) is 11.1 Å². The Bertz CT molecular complexity index is 1070. The number of nitrogen functional groups attached to an aromatic ring is 2. The first kappa shape index (κ1) is 18.9. The summed E-state index contributed by atoms with van der Waals surface area (Å²) in [5.41, 5.74) is 13.5. The number of amides is 1. The van der Waals surface area contributed by atoms with Crippen molar-refractivity contribution in [2.75, 3.05) is 11.5 Å². The van der Waals surface area contributed by atoms with Crippen LogP contribution in [0.4, 0.5) is 11.6 Å². The Kier molecular flexibility index (Phi) is 5.14. The van der Waals surface area contributed by atoms with E-state index in [2.05, 4.69) is 27.4 Å². The molecule has 1 aliphatic heterocycles. The summed E-state index contributed by atoms with van der Waals surface area (Å²) in [6, 6.07) is 20.0. The highest BCUT2D eigenvalue weighted by atomic mass is 35.5. The molecule has 1 amide bonds. The SMILES string of the molecule is Nc1nc(N)c(C(=O)NC2=NC(c3ccccc3)C(c3ccccc3)C2)nc1Cl. The Morgan fingerprint density at radius 2 is 1.55 bits per heavy atom. The van der Waals surface area contributed by atoms with E-state index in [1.165, 1.54) is 0 Å². The van der Waals surface area contributed by atoms with Crippen molar-refractivity contribution in [1.29, 1.82) is 0 Å². The molecule has 4 rings (SSSR count). The summed E-state index contributed by atoms with van der Waals surface area (Å²) in [4.78, 5) is 25.3. The molecule has 7 nitrogen and oxygen atoms in total. The van der Waals surface area contributed by atoms with Crippen molar-refractivity contribution in [3.05, 3.63) is 82.6 Å². The molecule has 2 aromatic carbocycles. The molecule has 0 fully saturated rings. The zero-order valence-electron chi connectivity index (χ0n) is 15.4. The van der Waals surface area contributed by atoms with Crippen LogP contribution in [0.5, 0.6) is 0 Å². The van der Waals surface area contributed by atoms with Gasteiger partial charge in [0, 0.05) is 12.3 Å². The van der Waals surface area contributed by atoms with Crippen LogP contribution in [0, 0.1) is 0 Å². The van der Waals surface area contributed by atoms with Crippen LogP contribution in [0.15, 0.2) is 65.7 Å². The molecule has 8 heteroatoms. The van der Waals surface area contributed by atoms with Gasteiger partial charge in [0.25, 0.3) is 5.91 Å². The van der Waals surface area contributed by atoms with Crippen LogP contribution >= 0.6 is 11.6 Å². The highest BCUT2D eigenvalue weighted by Crippen LogP contribution is 2.41. The summed E-state index contributed by atoms with van der Waals surface area (Å²) in [5.74, 6) is 0.0461. The van der Waals surface area contributed by atoms with Gasteiger partial charge in [-0.1, -0.05) is 72.3 Å². The highest BCUT2D eigenvalue weighted by molar-refractivity contribution is 6.31. The van der Waals surface area contributed by atoms with Crippen LogP contribution in [-0.4, -0.2) is 21.7 Å². The monoisotopic (exact) mass is 406 g/mol. The first-order chi connectivity index (χ1) is 14.0. The Hall–Kier alpha value is -3.45. The lowest BCUT2D eigenvalue weighted by Gasteiger charge is -2.18. The van der Waals surface area contributed by atoms with Gasteiger partial charge in [0.15, 0.2) is 22.5 Å². The zero-order chi connectivity index (χ0) is 20.4. The molecule has 0 saturated carbocycles. The van der Waals surface area contributed by atoms with Crippen LogP contribution in [0.1, 0.15) is 40.0 Å². The fraction of sp³-hybridized carbons (Fsp3) is 0.143. The maximum atomic E-state index is 12.7. The number of hydrogen-bond donors (Lipinski definition) is 3. The number of carbonyl (C=O) groups is 1. The standard InChI is InChI=1S/C21H19ClN6O/c22-18-20(24)28-19(23)17(27-18)21(29)26-15-11-14(12-7-3-1-4-8-12)16(25-15)13-9-5-2-6-10-13/h1-10,14,16H,11H2,(H4,23,24,28)(H,25,26,29). The molecular weight excluding hydrogens is 388 g/mol. The minimum Gasteiger partial charge on any atom is -0.382 e. The van der Waals surface area contributed by atoms with E-state index < -0.39 is 5.91 Å². The summed E-state index contributed by atoms with van der Waals surface area (Å²) in [6.07, 6.45) is 0.575. The van der Waals surface area contributed by atoms with Crippen molar-refractivity contribution >= 4 is 35.0 Å². The lowest BCUT2D eigenvalue weighted by molar-refractivity contribution is 0.0972. The van der Waals surface area contributed by atoms with Crippen LogP contribution in [0.3, 0.4) is 0 Å². The van der Waals surface area contributed by atoms with Crippen molar-refractivity contribution in [3.8, 4) is 0 Å². The first-order valence-electron chi connectivity index (χ1n) is 9.09. The van der Waals surface area contributed by atoms with Gasteiger partial charge < -0.3 is 16.8 Å². The molecule has 5 N–H and O–H groups in total. The number of hydrogen-bond acceptors (Lipinski definition) is 6. The second-order valence-electron chi connectivity index (χ2n) is 6.74. The maximum absolute atomic E-state index is 12.7. The number of nitrogens with one attached hydrogen (secondary N) is 1. The average Bonchev–Trinajstić information content (AvgIpc) is 3.15. The number of aromatic nitrogens is 2. The summed E-state index contributed by atoms with van der Waals surface area (Å²) in [7, 11) is 0. The van der Waals surface area contributed by atoms with Crippen molar-refractivity contribution < 1.29 is 4.79 Å². The van der Waals surface area contributed by atoms with E-state index in [-0.39, 0.29) is 34.4 Å². The number of carbonyl (C=O) groups excluding carboxylic acids is 1. The Morgan fingerprint density at radius 3 is 2.21 bits per heavy atom. The van der Waals surface area contributed by atoms with Crippen LogP contribution in [0.25, 0.3) is 0 Å². The zero-order valence-corrected chi connectivity index (χ0v) is 16.2. The molecule has 0 aliphatic carbocycles. The van der Waals surface area contributed by atoms with Gasteiger partial charge in [-0.2, -0.15) is 0 Å². The number of rotatable bonds is 3. The number of halogens is 1. The first-order valence-corrected chi connectivity index (χ1v) is 9.47. The number of benzene rings is 2. The van der Waals surface area contributed by atoms with Gasteiger partial charge in [-0.15, -0.1) is 0 Å². The molecule has 146 valence electrons. The van der Waals surface area contributed by atoms with Gasteiger partial charge in [0.05, 0.1) is 6.04 Å². The lowest BCUT2D eigenvalue weighted by atomic mass is 9.87. The largest absolute Gasteiger partial charge is 0.382 e. The molecule has 0 saturated heterocycles. The molecule has 1 aliphatic rings. The van der Waals surface area contributed by atoms with Crippen LogP contribution < -0.4 is 16.8 Å². The van der Waals surface area contributed by atoms with Crippen molar-refractivity contribution in [2.45, 2.75) is 18.4 Å². The third-order valence-corrected chi connectivity index (χ3v) is 5.11. The van der Waals surface area contributed by atoms with Gasteiger partial charge in [0.2, 0.25) is 0 Å². The van der Waals surface area contributed by atoms with Crippen LogP contribution in [-0.2, 0) is 0 Å². The van der Waals surface area contributed by atoms with E-state index in [0.717, 1.165) is 11.1 Å². The fourth-order valence-electron chi connectivity index (χ4n) is 3.47. The molecule has 2 atom stereocenters. The molecule has 2 heterocycles. The third-order valence-electron chi connectivity index (χ3n) is 4.84. The molecule has 2 unspecified atom stereocenters. The minimum absolute atomic E-state index is 0.0211. The van der Waals surface area contributed by atoms with Crippen molar-refractivity contribution in [2.24, 2.45) is 4.99 Å². The van der Waals surface area contributed by atoms with E-state index in [9.17, 15) is 4.79 Å². The Labute approximate surface area is 172 Å². The van der Waals surface area contributed by atoms with Gasteiger partial charge in [0.1, 0.15) is 5.84 Å². The van der Waals surface area contributed by atoms with E-state index >= 15 is 0 Å². The molecule has 0 radical (unpaired) electrons. The van der Waals surface area contributed by atoms with E-state index in [1.807, 2.05) is 48.5 Å². The second-order valence-corrected chi connectivity index (χ2v) is 7.10. The summed E-state index contributed by atoms with van der Waals surface area (Å²) < 4.78 is 0. The fourth-order valence-corrected chi connectivity index (χ4v) is 3.60. The molecule has 29 heavy (non-hydrogen) atoms. The van der Waals surface area contributed by atoms with Crippen molar-refractivity contribution in [3.63, 3.8) is 0 Å². The smallest absolute Gasteiger partial charge is 0.279 e. The minimum atomic E-state index is -0.517. The predicted molar refractivity (Wildman–Crippen MR) is 114 cm³/mol. The maximum Gasteiger partial charge on any atom is 0.279 e. The summed E-state index contributed by atoms with van der Waals surface area (Å²) in [6.45, 7) is 0. The molecule has 0 spiro atoms. The second kappa shape index (κ2) is 7.89. The quantitative estimate of drug-likeness (QED) is 0.616. The predicted octanol–water partition coefficient (Wildman–Crippen LogP) is 3.35. The van der Waals surface area contributed by atoms with Crippen LogP contribution in [0.2, 0.25) is 5.15 Å². The highest BCUT2D eigenvalue weighted by Gasteiger charge is 2.33. The number of anilines is 2. The number of aliphatic imine (C=N–C) groups is 1. The van der Waals surface area contributed by atoms with E-state index in [1.54, 1.807) is 0 Å². The number of amidine groups is 1. The molecule has 1 aromatic heterocycles. The normalized spacial score (nSPS) is 18.3. The van der Waals surface area contributed by atoms with E-state index in [0.29, 0.717) is 12.3 Å². The van der Waals surface area contributed by atoms with E-state index in [4.69, 9.17) is 28.1 Å². The van der Waals surface area contributed by atoms with Gasteiger partial charge in [-0.3, -0.25) is 9.79 Å². The molecular formula is C21H19ClN6O. The van der Waals surface area contributed by atoms with Crippen molar-refractivity contribution in [1.82, 2.24) is 15.3 Å².